The Kier molecular flexibility index (Phi) is 8.67. The second-order valence-corrected chi connectivity index (χ2v) is 4.34. The molecule has 0 bridgehead atoms. The molecule has 0 saturated carbocycles. The Morgan fingerprint density at radius 3 is 1.93 bits per heavy atom. The van der Waals surface area contributed by atoms with Gasteiger partial charge in [-0.15, -0.1) is 0 Å². The zero-order valence-corrected chi connectivity index (χ0v) is 10.1. The van der Waals surface area contributed by atoms with Gasteiger partial charge in [0.15, 0.2) is 0 Å². The summed E-state index contributed by atoms with van der Waals surface area (Å²) in [6, 6.07) is 0. The van der Waals surface area contributed by atoms with Crippen molar-refractivity contribution in [3.8, 4) is 0 Å². The number of thiol groups is 1. The van der Waals surface area contributed by atoms with E-state index in [1.54, 1.807) is 13.8 Å². The first-order chi connectivity index (χ1) is 6.56. The lowest BCUT2D eigenvalue weighted by molar-refractivity contribution is 0.0829. The van der Waals surface area contributed by atoms with Gasteiger partial charge in [-0.3, -0.25) is 4.90 Å². The first-order valence-corrected chi connectivity index (χ1v) is 5.88. The van der Waals surface area contributed by atoms with Crippen molar-refractivity contribution in [1.82, 2.24) is 4.90 Å². The van der Waals surface area contributed by atoms with Gasteiger partial charge < -0.3 is 10.2 Å². The lowest BCUT2D eigenvalue weighted by Crippen LogP contribution is -2.37. The SMILES string of the molecule is CC(O)CN(CCCCS)CC(C)O. The summed E-state index contributed by atoms with van der Waals surface area (Å²) in [5, 5.41) is 18.5. The van der Waals surface area contributed by atoms with E-state index in [1.807, 2.05) is 0 Å². The molecule has 4 heteroatoms. The quantitative estimate of drug-likeness (QED) is 0.419. The van der Waals surface area contributed by atoms with Gasteiger partial charge in [0, 0.05) is 13.1 Å². The number of hydrogen-bond donors (Lipinski definition) is 3. The van der Waals surface area contributed by atoms with E-state index in [9.17, 15) is 10.2 Å². The number of aliphatic hydroxyl groups is 2. The third kappa shape index (κ3) is 8.81. The Bertz CT molecular complexity index is 121. The maximum atomic E-state index is 9.25. The highest BCUT2D eigenvalue weighted by Gasteiger charge is 2.10. The summed E-state index contributed by atoms with van der Waals surface area (Å²) in [6.45, 7) is 5.74. The molecule has 0 radical (unpaired) electrons. The lowest BCUT2D eigenvalue weighted by atomic mass is 10.2. The highest BCUT2D eigenvalue weighted by molar-refractivity contribution is 7.80. The van der Waals surface area contributed by atoms with Crippen molar-refractivity contribution in [2.75, 3.05) is 25.4 Å². The molecule has 0 heterocycles. The van der Waals surface area contributed by atoms with E-state index >= 15 is 0 Å². The standard InChI is InChI=1S/C10H23NO2S/c1-9(12)7-11(8-10(2)13)5-3-4-6-14/h9-10,12-14H,3-8H2,1-2H3. The summed E-state index contributed by atoms with van der Waals surface area (Å²) >= 11 is 4.15. The summed E-state index contributed by atoms with van der Waals surface area (Å²) in [5.74, 6) is 0.900. The fourth-order valence-corrected chi connectivity index (χ4v) is 1.68. The molecule has 0 aromatic heterocycles. The van der Waals surface area contributed by atoms with Crippen molar-refractivity contribution in [3.05, 3.63) is 0 Å². The van der Waals surface area contributed by atoms with Crippen molar-refractivity contribution in [2.45, 2.75) is 38.9 Å². The fourth-order valence-electron chi connectivity index (χ4n) is 1.45. The van der Waals surface area contributed by atoms with E-state index < -0.39 is 0 Å². The van der Waals surface area contributed by atoms with Gasteiger partial charge in [0.25, 0.3) is 0 Å². The molecule has 2 unspecified atom stereocenters. The molecule has 0 fully saturated rings. The molecule has 0 aromatic carbocycles. The van der Waals surface area contributed by atoms with Crippen molar-refractivity contribution < 1.29 is 10.2 Å². The predicted molar refractivity (Wildman–Crippen MR) is 62.9 cm³/mol. The summed E-state index contributed by atoms with van der Waals surface area (Å²) in [4.78, 5) is 2.10. The highest BCUT2D eigenvalue weighted by Crippen LogP contribution is 2.00. The van der Waals surface area contributed by atoms with E-state index in [2.05, 4.69) is 17.5 Å². The molecule has 2 N–H and O–H groups in total. The number of unbranched alkanes of at least 4 members (excludes halogenated alkanes) is 1. The van der Waals surface area contributed by atoms with Crippen LogP contribution < -0.4 is 0 Å². The molecular formula is C10H23NO2S. The normalized spacial score (nSPS) is 15.9. The molecule has 0 saturated heterocycles. The van der Waals surface area contributed by atoms with Gasteiger partial charge in [-0.2, -0.15) is 12.6 Å². The second-order valence-electron chi connectivity index (χ2n) is 3.89. The first kappa shape index (κ1) is 14.2. The molecule has 0 aliphatic heterocycles. The molecule has 0 aliphatic carbocycles. The van der Waals surface area contributed by atoms with E-state index in [4.69, 9.17) is 0 Å². The molecule has 0 amide bonds. The van der Waals surface area contributed by atoms with Crippen LogP contribution in [-0.2, 0) is 0 Å². The summed E-state index contributed by atoms with van der Waals surface area (Å²) in [7, 11) is 0. The van der Waals surface area contributed by atoms with Gasteiger partial charge in [0.1, 0.15) is 0 Å². The Morgan fingerprint density at radius 1 is 1.07 bits per heavy atom. The molecule has 0 aromatic rings. The van der Waals surface area contributed by atoms with Gasteiger partial charge in [-0.25, -0.2) is 0 Å². The van der Waals surface area contributed by atoms with Gasteiger partial charge in [0.2, 0.25) is 0 Å². The molecule has 2 atom stereocenters. The molecule has 86 valence electrons. The summed E-state index contributed by atoms with van der Waals surface area (Å²) in [6.07, 6.45) is 1.50. The van der Waals surface area contributed by atoms with Crippen molar-refractivity contribution >= 4 is 12.6 Å². The van der Waals surface area contributed by atoms with Crippen molar-refractivity contribution in [2.24, 2.45) is 0 Å². The van der Waals surface area contributed by atoms with Gasteiger partial charge in [-0.05, 0) is 39.0 Å². The van der Waals surface area contributed by atoms with Crippen LogP contribution in [0, 0.1) is 0 Å². The van der Waals surface area contributed by atoms with Crippen LogP contribution in [0.25, 0.3) is 0 Å². The number of nitrogens with zero attached hydrogens (tertiary/aromatic N) is 1. The highest BCUT2D eigenvalue weighted by atomic mass is 32.1. The van der Waals surface area contributed by atoms with E-state index in [1.165, 1.54) is 0 Å². The number of rotatable bonds is 8. The van der Waals surface area contributed by atoms with Gasteiger partial charge >= 0.3 is 0 Å². The largest absolute Gasteiger partial charge is 0.392 e. The van der Waals surface area contributed by atoms with Crippen LogP contribution in [0.2, 0.25) is 0 Å². The molecule has 3 nitrogen and oxygen atoms in total. The summed E-state index contributed by atoms with van der Waals surface area (Å²) < 4.78 is 0. The zero-order valence-electron chi connectivity index (χ0n) is 9.19. The Balaban J connectivity index is 3.72. The molecule has 0 spiro atoms. The van der Waals surface area contributed by atoms with E-state index in [0.29, 0.717) is 13.1 Å². The predicted octanol–water partition coefficient (Wildman–Crippen LogP) is 0.760. The third-order valence-electron chi connectivity index (χ3n) is 1.93. The smallest absolute Gasteiger partial charge is 0.0639 e. The van der Waals surface area contributed by atoms with Crippen LogP contribution >= 0.6 is 12.6 Å². The summed E-state index contributed by atoms with van der Waals surface area (Å²) in [5.41, 5.74) is 0. The van der Waals surface area contributed by atoms with E-state index in [-0.39, 0.29) is 12.2 Å². The fraction of sp³-hybridized carbons (Fsp3) is 1.00. The molecule has 0 aliphatic rings. The van der Waals surface area contributed by atoms with Crippen LogP contribution in [0.3, 0.4) is 0 Å². The number of hydrogen-bond acceptors (Lipinski definition) is 4. The zero-order chi connectivity index (χ0) is 11.0. The minimum absolute atomic E-state index is 0.329. The van der Waals surface area contributed by atoms with Crippen molar-refractivity contribution in [3.63, 3.8) is 0 Å². The van der Waals surface area contributed by atoms with Gasteiger partial charge in [0.05, 0.1) is 12.2 Å². The van der Waals surface area contributed by atoms with Crippen LogP contribution in [0.4, 0.5) is 0 Å². The van der Waals surface area contributed by atoms with Crippen LogP contribution in [0.1, 0.15) is 26.7 Å². The van der Waals surface area contributed by atoms with Crippen LogP contribution in [0.5, 0.6) is 0 Å². The minimum Gasteiger partial charge on any atom is -0.392 e. The minimum atomic E-state index is -0.329. The van der Waals surface area contributed by atoms with Crippen molar-refractivity contribution in [1.29, 1.82) is 0 Å². The van der Waals surface area contributed by atoms with E-state index in [0.717, 1.165) is 25.1 Å². The third-order valence-corrected chi connectivity index (χ3v) is 2.24. The average molecular weight is 221 g/mol. The number of aliphatic hydroxyl groups excluding tert-OH is 2. The Hall–Kier alpha value is 0.230. The van der Waals surface area contributed by atoms with Gasteiger partial charge in [-0.1, -0.05) is 0 Å². The van der Waals surface area contributed by atoms with Crippen LogP contribution in [-0.4, -0.2) is 52.7 Å². The first-order valence-electron chi connectivity index (χ1n) is 5.25. The maximum Gasteiger partial charge on any atom is 0.0639 e. The molecular weight excluding hydrogens is 198 g/mol. The average Bonchev–Trinajstić information content (AvgIpc) is 2.02. The molecule has 0 rings (SSSR count). The monoisotopic (exact) mass is 221 g/mol. The Labute approximate surface area is 92.5 Å². The molecule has 14 heavy (non-hydrogen) atoms. The van der Waals surface area contributed by atoms with Crippen LogP contribution in [0.15, 0.2) is 0 Å². The maximum absolute atomic E-state index is 9.25. The topological polar surface area (TPSA) is 43.7 Å². The lowest BCUT2D eigenvalue weighted by Gasteiger charge is -2.24. The second kappa shape index (κ2) is 8.53. The Morgan fingerprint density at radius 2 is 1.57 bits per heavy atom.